The Morgan fingerprint density at radius 1 is 1.31 bits per heavy atom. The van der Waals surface area contributed by atoms with Crippen LogP contribution in [0, 0.1) is 5.92 Å². The van der Waals surface area contributed by atoms with Gasteiger partial charge in [-0.15, -0.1) is 0 Å². The summed E-state index contributed by atoms with van der Waals surface area (Å²) in [6.45, 7) is 1.73. The molecule has 1 aliphatic carbocycles. The van der Waals surface area contributed by atoms with Crippen molar-refractivity contribution in [2.24, 2.45) is 5.92 Å². The Labute approximate surface area is 80.3 Å². The lowest BCUT2D eigenvalue weighted by atomic mass is 9.84. The summed E-state index contributed by atoms with van der Waals surface area (Å²) < 4.78 is 0. The van der Waals surface area contributed by atoms with E-state index in [1.807, 2.05) is 0 Å². The summed E-state index contributed by atoms with van der Waals surface area (Å²) in [5, 5.41) is 0. The number of carbonyl (C=O) groups excluding carboxylic acids is 1. The zero-order chi connectivity index (χ0) is 9.42. The van der Waals surface area contributed by atoms with Crippen LogP contribution in [0.15, 0.2) is 0 Å². The molecule has 1 aliphatic heterocycles. The Hall–Kier alpha value is -0.370. The van der Waals surface area contributed by atoms with Crippen molar-refractivity contribution in [1.82, 2.24) is 4.90 Å². The van der Waals surface area contributed by atoms with E-state index < -0.39 is 0 Å². The van der Waals surface area contributed by atoms with Gasteiger partial charge in [-0.2, -0.15) is 0 Å². The minimum absolute atomic E-state index is 0.230. The Balaban J connectivity index is 2.09. The average molecular weight is 181 g/mol. The van der Waals surface area contributed by atoms with Crippen LogP contribution in [0.5, 0.6) is 0 Å². The molecule has 13 heavy (non-hydrogen) atoms. The molecule has 1 saturated heterocycles. The minimum atomic E-state index is 0.230. The lowest BCUT2D eigenvalue weighted by molar-refractivity contribution is -0.121. The van der Waals surface area contributed by atoms with Crippen molar-refractivity contribution in [2.45, 2.75) is 51.1 Å². The summed E-state index contributed by atoms with van der Waals surface area (Å²) >= 11 is 0. The highest BCUT2D eigenvalue weighted by molar-refractivity contribution is 5.81. The molecule has 74 valence electrons. The van der Waals surface area contributed by atoms with Crippen LogP contribution in [0.2, 0.25) is 0 Å². The zero-order valence-corrected chi connectivity index (χ0v) is 8.62. The molecule has 3 unspecified atom stereocenters. The fourth-order valence-corrected chi connectivity index (χ4v) is 3.14. The molecule has 1 saturated carbocycles. The van der Waals surface area contributed by atoms with Gasteiger partial charge in [0.25, 0.3) is 0 Å². The Bertz CT molecular complexity index is 214. The number of nitrogens with zero attached hydrogens (tertiary/aromatic N) is 1. The summed E-state index contributed by atoms with van der Waals surface area (Å²) in [7, 11) is 2.13. The molecule has 0 aromatic carbocycles. The zero-order valence-electron chi connectivity index (χ0n) is 8.62. The van der Waals surface area contributed by atoms with Crippen LogP contribution < -0.4 is 0 Å². The van der Waals surface area contributed by atoms with Gasteiger partial charge in [0.2, 0.25) is 0 Å². The third-order valence-corrected chi connectivity index (χ3v) is 3.88. The van der Waals surface area contributed by atoms with Gasteiger partial charge in [0, 0.05) is 6.04 Å². The number of likely N-dealkylation sites (tertiary alicyclic amines) is 1. The molecule has 0 aromatic rings. The minimum Gasteiger partial charge on any atom is -0.298 e. The smallest absolute Gasteiger partial charge is 0.146 e. The highest BCUT2D eigenvalue weighted by atomic mass is 16.1. The molecule has 0 aromatic heterocycles. The Morgan fingerprint density at radius 2 is 2.00 bits per heavy atom. The van der Waals surface area contributed by atoms with Crippen molar-refractivity contribution in [3.63, 3.8) is 0 Å². The van der Waals surface area contributed by atoms with E-state index in [4.69, 9.17) is 0 Å². The van der Waals surface area contributed by atoms with Crippen LogP contribution in [0.4, 0.5) is 0 Å². The Morgan fingerprint density at radius 3 is 2.62 bits per heavy atom. The summed E-state index contributed by atoms with van der Waals surface area (Å²) in [6, 6.07) is 0.941. The highest BCUT2D eigenvalue weighted by Crippen LogP contribution is 2.38. The number of hydrogen-bond acceptors (Lipinski definition) is 2. The molecule has 0 bridgehead atoms. The molecule has 2 fully saturated rings. The van der Waals surface area contributed by atoms with E-state index in [9.17, 15) is 4.79 Å². The number of rotatable bonds is 1. The number of Topliss-reactive ketones (excluding diaryl/α,β-unsaturated/α-hetero) is 1. The quantitative estimate of drug-likeness (QED) is 0.615. The third-order valence-electron chi connectivity index (χ3n) is 3.88. The van der Waals surface area contributed by atoms with Gasteiger partial charge < -0.3 is 0 Å². The normalized spacial score (nSPS) is 40.3. The van der Waals surface area contributed by atoms with Crippen molar-refractivity contribution in [1.29, 1.82) is 0 Å². The van der Waals surface area contributed by atoms with Gasteiger partial charge in [0.1, 0.15) is 5.78 Å². The van der Waals surface area contributed by atoms with Gasteiger partial charge in [-0.1, -0.05) is 12.8 Å². The Kier molecular flexibility index (Phi) is 2.41. The third kappa shape index (κ3) is 1.52. The molecule has 0 N–H and O–H groups in total. The lowest BCUT2D eigenvalue weighted by Gasteiger charge is -2.30. The fraction of sp³-hybridized carbons (Fsp3) is 0.909. The van der Waals surface area contributed by atoms with Crippen molar-refractivity contribution in [2.75, 3.05) is 7.05 Å². The monoisotopic (exact) mass is 181 g/mol. The summed E-state index contributed by atoms with van der Waals surface area (Å²) in [5.74, 6) is 1.17. The maximum atomic E-state index is 11.4. The number of fused-ring (bicyclic) bond motifs is 1. The summed E-state index contributed by atoms with van der Waals surface area (Å²) in [4.78, 5) is 13.7. The first-order valence-corrected chi connectivity index (χ1v) is 5.42. The maximum absolute atomic E-state index is 11.4. The van der Waals surface area contributed by atoms with E-state index in [0.29, 0.717) is 11.8 Å². The van der Waals surface area contributed by atoms with Gasteiger partial charge in [-0.05, 0) is 39.2 Å². The second-order valence-electron chi connectivity index (χ2n) is 4.64. The SMILES string of the molecule is CC(=O)C1CC2CCCCC2N1C. The molecule has 0 radical (unpaired) electrons. The molecular weight excluding hydrogens is 162 g/mol. The molecule has 2 heteroatoms. The van der Waals surface area contributed by atoms with Gasteiger partial charge >= 0.3 is 0 Å². The maximum Gasteiger partial charge on any atom is 0.146 e. The topological polar surface area (TPSA) is 20.3 Å². The highest BCUT2D eigenvalue weighted by Gasteiger charge is 2.41. The fourth-order valence-electron chi connectivity index (χ4n) is 3.14. The van der Waals surface area contributed by atoms with Crippen molar-refractivity contribution >= 4 is 5.78 Å². The van der Waals surface area contributed by atoms with E-state index in [-0.39, 0.29) is 6.04 Å². The van der Waals surface area contributed by atoms with Crippen LogP contribution in [0.1, 0.15) is 39.0 Å². The van der Waals surface area contributed by atoms with E-state index in [1.54, 1.807) is 6.92 Å². The van der Waals surface area contributed by atoms with Crippen LogP contribution in [-0.4, -0.2) is 29.8 Å². The summed E-state index contributed by atoms with van der Waals surface area (Å²) in [5.41, 5.74) is 0. The van der Waals surface area contributed by atoms with Crippen LogP contribution in [-0.2, 0) is 4.79 Å². The standard InChI is InChI=1S/C11H19NO/c1-8(13)11-7-9-5-3-4-6-10(9)12(11)2/h9-11H,3-7H2,1-2H3. The molecular formula is C11H19NO. The van der Waals surface area contributed by atoms with E-state index in [2.05, 4.69) is 11.9 Å². The molecule has 1 heterocycles. The molecule has 2 aliphatic rings. The second kappa shape index (κ2) is 3.41. The lowest BCUT2D eigenvalue weighted by Crippen LogP contribution is -2.38. The van der Waals surface area contributed by atoms with Gasteiger partial charge in [-0.25, -0.2) is 0 Å². The first-order valence-electron chi connectivity index (χ1n) is 5.42. The van der Waals surface area contributed by atoms with Crippen LogP contribution >= 0.6 is 0 Å². The largest absolute Gasteiger partial charge is 0.298 e. The van der Waals surface area contributed by atoms with E-state index >= 15 is 0 Å². The molecule has 2 rings (SSSR count). The van der Waals surface area contributed by atoms with Gasteiger partial charge in [-0.3, -0.25) is 9.69 Å². The number of carbonyl (C=O) groups is 1. The molecule has 3 atom stereocenters. The predicted molar refractivity (Wildman–Crippen MR) is 52.6 cm³/mol. The van der Waals surface area contributed by atoms with Crippen molar-refractivity contribution < 1.29 is 4.79 Å². The first kappa shape index (κ1) is 9.20. The first-order chi connectivity index (χ1) is 6.20. The molecule has 2 nitrogen and oxygen atoms in total. The van der Waals surface area contributed by atoms with Gasteiger partial charge in [0.05, 0.1) is 6.04 Å². The number of ketones is 1. The van der Waals surface area contributed by atoms with Crippen LogP contribution in [0.25, 0.3) is 0 Å². The summed E-state index contributed by atoms with van der Waals surface area (Å²) in [6.07, 6.45) is 6.51. The second-order valence-corrected chi connectivity index (χ2v) is 4.64. The van der Waals surface area contributed by atoms with Crippen LogP contribution in [0.3, 0.4) is 0 Å². The van der Waals surface area contributed by atoms with Crippen molar-refractivity contribution in [3.8, 4) is 0 Å². The van der Waals surface area contributed by atoms with Gasteiger partial charge in [0.15, 0.2) is 0 Å². The van der Waals surface area contributed by atoms with E-state index in [0.717, 1.165) is 12.3 Å². The number of likely N-dealkylation sites (N-methyl/N-ethyl adjacent to an activating group) is 1. The molecule has 0 spiro atoms. The number of hydrogen-bond donors (Lipinski definition) is 0. The molecule has 0 amide bonds. The van der Waals surface area contributed by atoms with E-state index in [1.165, 1.54) is 25.7 Å². The van der Waals surface area contributed by atoms with Crippen molar-refractivity contribution in [3.05, 3.63) is 0 Å². The predicted octanol–water partition coefficient (Wildman–Crippen LogP) is 1.84. The average Bonchev–Trinajstić information content (AvgIpc) is 2.45.